The Labute approximate surface area is 333 Å². The van der Waals surface area contributed by atoms with E-state index in [-0.39, 0.29) is 39.7 Å². The predicted molar refractivity (Wildman–Crippen MR) is 212 cm³/mol. The maximum absolute atomic E-state index is 11.5. The van der Waals surface area contributed by atoms with E-state index in [0.29, 0.717) is 71.6 Å². The summed E-state index contributed by atoms with van der Waals surface area (Å²) in [6, 6.07) is 10.7. The number of aliphatic hydroxyl groups is 1. The molecule has 0 aliphatic carbocycles. The summed E-state index contributed by atoms with van der Waals surface area (Å²) in [5.41, 5.74) is 3.09. The third-order valence-corrected chi connectivity index (χ3v) is 12.2. The fourth-order valence-electron chi connectivity index (χ4n) is 4.79. The maximum atomic E-state index is 11.5. The number of hydrogen-bond donors (Lipinski definition) is 5. The molecule has 5 rings (SSSR count). The van der Waals surface area contributed by atoms with Gasteiger partial charge < -0.3 is 25.5 Å². The van der Waals surface area contributed by atoms with Gasteiger partial charge in [-0.25, -0.2) is 0 Å². The van der Waals surface area contributed by atoms with E-state index in [2.05, 4.69) is 76.2 Å². The molecule has 0 bridgehead atoms. The molecule has 0 atom stereocenters. The second-order valence-corrected chi connectivity index (χ2v) is 17.1. The Morgan fingerprint density at radius 1 is 0.661 bits per heavy atom. The first kappa shape index (κ1) is 42.2. The van der Waals surface area contributed by atoms with Crippen LogP contribution in [0.5, 0.6) is 0 Å². The minimum absolute atomic E-state index is 0.0790. The zero-order chi connectivity index (χ0) is 40.5. The average molecular weight is 866 g/mol. The van der Waals surface area contributed by atoms with Crippen LogP contribution >= 0.6 is 34.4 Å². The molecule has 0 amide bonds. The van der Waals surface area contributed by atoms with Gasteiger partial charge in [0, 0.05) is 43.3 Å². The number of azo groups is 2. The summed E-state index contributed by atoms with van der Waals surface area (Å²) in [5.74, 6) is 0.433. The lowest BCUT2D eigenvalue weighted by Crippen LogP contribution is -2.21. The van der Waals surface area contributed by atoms with Crippen LogP contribution in [0.25, 0.3) is 0 Å². The van der Waals surface area contributed by atoms with Gasteiger partial charge in [-0.3, -0.25) is 9.11 Å². The first-order valence-electron chi connectivity index (χ1n) is 16.5. The first-order chi connectivity index (χ1) is 26.7. The van der Waals surface area contributed by atoms with Crippen molar-refractivity contribution >= 4 is 111 Å². The first-order valence-corrected chi connectivity index (χ1v) is 22.0. The molecule has 5 aromatic rings. The SMILES string of the molecule is CCN(CC)c1ccc(N=Nc2nnc(S(=O)(=O)O)s2)c(Nc2nc(Nc3cc(N(CC)CC)ccc3N=Nc3nnc(S(=O)(=O)O)s3)nc(SCCO)n2)c1. The van der Waals surface area contributed by atoms with Crippen molar-refractivity contribution in [2.45, 2.75) is 41.5 Å². The smallest absolute Gasteiger partial charge is 0.324 e. The van der Waals surface area contributed by atoms with Crippen molar-refractivity contribution in [1.29, 1.82) is 0 Å². The third-order valence-electron chi connectivity index (χ3n) is 7.37. The number of aliphatic hydroxyl groups excluding tert-OH is 1. The average Bonchev–Trinajstić information content (AvgIpc) is 3.85. The molecule has 0 saturated carbocycles. The number of benzene rings is 2. The van der Waals surface area contributed by atoms with Crippen LogP contribution in [-0.4, -0.2) is 105 Å². The van der Waals surface area contributed by atoms with Gasteiger partial charge in [0.25, 0.3) is 18.9 Å². The van der Waals surface area contributed by atoms with E-state index in [1.165, 1.54) is 11.8 Å². The van der Waals surface area contributed by atoms with E-state index in [1.54, 1.807) is 12.1 Å². The Morgan fingerprint density at radius 3 is 1.45 bits per heavy atom. The summed E-state index contributed by atoms with van der Waals surface area (Å²) in [6.07, 6.45) is 0. The highest BCUT2D eigenvalue weighted by molar-refractivity contribution is 7.99. The van der Waals surface area contributed by atoms with Gasteiger partial charge in [0.05, 0.1) is 18.0 Å². The van der Waals surface area contributed by atoms with Gasteiger partial charge in [0.2, 0.25) is 11.9 Å². The van der Waals surface area contributed by atoms with Gasteiger partial charge in [-0.1, -0.05) is 34.4 Å². The summed E-state index contributed by atoms with van der Waals surface area (Å²) in [5, 5.41) is 46.8. The molecular weight excluding hydrogens is 831 g/mol. The second kappa shape index (κ2) is 18.8. The molecule has 0 aliphatic heterocycles. The van der Waals surface area contributed by atoms with E-state index >= 15 is 0 Å². The number of thioether (sulfide) groups is 1. The lowest BCUT2D eigenvalue weighted by molar-refractivity contribution is 0.322. The van der Waals surface area contributed by atoms with Crippen LogP contribution in [0.2, 0.25) is 0 Å². The van der Waals surface area contributed by atoms with E-state index in [4.69, 9.17) is 0 Å². The largest absolute Gasteiger partial charge is 0.396 e. The van der Waals surface area contributed by atoms with Crippen molar-refractivity contribution in [2.75, 3.05) is 59.0 Å². The van der Waals surface area contributed by atoms with Crippen molar-refractivity contribution in [3.05, 3.63) is 36.4 Å². The van der Waals surface area contributed by atoms with Crippen molar-refractivity contribution in [3.8, 4) is 0 Å². The Morgan fingerprint density at radius 2 is 1.09 bits per heavy atom. The molecule has 3 aromatic heterocycles. The molecule has 27 heteroatoms. The van der Waals surface area contributed by atoms with E-state index in [0.717, 1.165) is 11.4 Å². The number of hydrogen-bond acceptors (Lipinski definition) is 23. The molecule has 5 N–H and O–H groups in total. The molecule has 3 heterocycles. The van der Waals surface area contributed by atoms with Crippen molar-refractivity contribution in [1.82, 2.24) is 35.3 Å². The van der Waals surface area contributed by atoms with Crippen molar-refractivity contribution < 1.29 is 31.0 Å². The lowest BCUT2D eigenvalue weighted by Gasteiger charge is -2.22. The fraction of sp³-hybridized carbons (Fsp3) is 0.345. The lowest BCUT2D eigenvalue weighted by atomic mass is 10.2. The summed E-state index contributed by atoms with van der Waals surface area (Å²) >= 11 is 2.25. The standard InChI is InChI=1S/C29H35N15O7S5/c1-5-43(6-2)17-9-11-19(35-37-26-39-41-28(53-26)55(46,47)48)21(15-17)30-23-32-24(34-25(33-23)52-14-13-45)31-22-16-18(44(7-3)8-4)10-12-20(22)36-38-27-40-42-29(54-27)56(49,50)51/h9-12,15-16,45H,5-8,13-14H2,1-4H3,(H,46,47,48)(H,49,50,51)(H2,30,31,32,33,34). The van der Waals surface area contributed by atoms with Crippen molar-refractivity contribution in [2.24, 2.45) is 20.5 Å². The highest BCUT2D eigenvalue weighted by Gasteiger charge is 2.19. The molecule has 2 aromatic carbocycles. The van der Waals surface area contributed by atoms with Crippen LogP contribution in [0.3, 0.4) is 0 Å². The van der Waals surface area contributed by atoms with Crippen molar-refractivity contribution in [3.63, 3.8) is 0 Å². The van der Waals surface area contributed by atoms with E-state index < -0.39 is 28.9 Å². The topological polar surface area (TPSA) is 299 Å². The third kappa shape index (κ3) is 11.1. The Kier molecular flexibility index (Phi) is 14.2. The quantitative estimate of drug-likeness (QED) is 0.0352. The van der Waals surface area contributed by atoms with Crippen LogP contribution < -0.4 is 20.4 Å². The fourth-order valence-corrected chi connectivity index (χ4v) is 7.75. The Hall–Kier alpha value is -4.90. The molecule has 56 heavy (non-hydrogen) atoms. The molecule has 0 spiro atoms. The van der Waals surface area contributed by atoms with Gasteiger partial charge in [0.15, 0.2) is 5.16 Å². The molecular formula is C29H35N15O7S5. The second-order valence-electron chi connectivity index (χ2n) is 10.9. The van der Waals surface area contributed by atoms with Crippen LogP contribution in [0.1, 0.15) is 27.7 Å². The number of nitrogens with one attached hydrogen (secondary N) is 2. The maximum Gasteiger partial charge on any atom is 0.324 e. The summed E-state index contributed by atoms with van der Waals surface area (Å²) < 4.78 is 63.3. The van der Waals surface area contributed by atoms with Crippen LogP contribution in [0.15, 0.2) is 70.7 Å². The summed E-state index contributed by atoms with van der Waals surface area (Å²) in [4.78, 5) is 17.9. The molecule has 22 nitrogen and oxygen atoms in total. The molecule has 298 valence electrons. The van der Waals surface area contributed by atoms with Crippen LogP contribution in [-0.2, 0) is 20.2 Å². The summed E-state index contributed by atoms with van der Waals surface area (Å²) in [7, 11) is -9.14. The monoisotopic (exact) mass is 865 g/mol. The zero-order valence-corrected chi connectivity index (χ0v) is 34.1. The number of nitrogens with zero attached hydrogens (tertiary/aromatic N) is 13. The number of aromatic nitrogens is 7. The molecule has 0 aliphatic rings. The molecule has 0 radical (unpaired) electrons. The normalized spacial score (nSPS) is 12.1. The van der Waals surface area contributed by atoms with Crippen LogP contribution in [0, 0.1) is 0 Å². The van der Waals surface area contributed by atoms with E-state index in [9.17, 15) is 31.0 Å². The number of rotatable bonds is 19. The highest BCUT2D eigenvalue weighted by atomic mass is 32.3. The molecule has 0 saturated heterocycles. The zero-order valence-electron chi connectivity index (χ0n) is 30.0. The van der Waals surface area contributed by atoms with Gasteiger partial charge in [-0.15, -0.1) is 40.9 Å². The predicted octanol–water partition coefficient (Wildman–Crippen LogP) is 6.16. The highest BCUT2D eigenvalue weighted by Crippen LogP contribution is 2.37. The van der Waals surface area contributed by atoms with Gasteiger partial charge in [-0.05, 0) is 64.1 Å². The molecule has 0 fully saturated rings. The van der Waals surface area contributed by atoms with Gasteiger partial charge in [0.1, 0.15) is 11.4 Å². The Balaban J connectivity index is 1.55. The summed E-state index contributed by atoms with van der Waals surface area (Å²) in [6.45, 7) is 10.7. The van der Waals surface area contributed by atoms with Gasteiger partial charge in [-0.2, -0.15) is 31.8 Å². The van der Waals surface area contributed by atoms with Gasteiger partial charge >= 0.3 is 20.2 Å². The number of anilines is 6. The minimum atomic E-state index is -4.57. The minimum Gasteiger partial charge on any atom is -0.396 e. The molecule has 0 unspecified atom stereocenters. The van der Waals surface area contributed by atoms with Crippen LogP contribution in [0.4, 0.5) is 56.3 Å². The van der Waals surface area contributed by atoms with E-state index in [1.807, 2.05) is 52.0 Å². The Bertz CT molecular complexity index is 2260.